The minimum Gasteiger partial charge on any atom is -0.294 e. The standard InChI is InChI=1S/C17H16N4O/c22-16(11-12-7-8-13-4-3-5-14(13)10-12)18-17-20-19-15-6-1-2-9-21(15)17/h1-2,6-10H,3-5,11H2,(H,18,20,22). The second-order valence-corrected chi connectivity index (χ2v) is 5.63. The number of nitrogens with zero attached hydrogens (tertiary/aromatic N) is 3. The van der Waals surface area contributed by atoms with Crippen molar-refractivity contribution in [3.8, 4) is 0 Å². The highest BCUT2D eigenvalue weighted by molar-refractivity contribution is 5.91. The molecule has 5 nitrogen and oxygen atoms in total. The largest absolute Gasteiger partial charge is 0.294 e. The molecule has 1 aliphatic carbocycles. The van der Waals surface area contributed by atoms with Crippen LogP contribution in [0.4, 0.5) is 5.95 Å². The van der Waals surface area contributed by atoms with Gasteiger partial charge in [-0.25, -0.2) is 0 Å². The number of rotatable bonds is 3. The Bertz CT molecular complexity index is 853. The number of pyridine rings is 1. The molecule has 5 heteroatoms. The van der Waals surface area contributed by atoms with Gasteiger partial charge in [-0.3, -0.25) is 14.5 Å². The van der Waals surface area contributed by atoms with Crippen LogP contribution in [-0.4, -0.2) is 20.5 Å². The Morgan fingerprint density at radius 2 is 2.05 bits per heavy atom. The Hall–Kier alpha value is -2.69. The van der Waals surface area contributed by atoms with Crippen molar-refractivity contribution in [2.45, 2.75) is 25.7 Å². The monoisotopic (exact) mass is 292 g/mol. The van der Waals surface area contributed by atoms with Crippen molar-refractivity contribution in [2.75, 3.05) is 5.32 Å². The molecule has 0 saturated carbocycles. The molecule has 0 aliphatic heterocycles. The van der Waals surface area contributed by atoms with Crippen LogP contribution in [0.15, 0.2) is 42.6 Å². The highest BCUT2D eigenvalue weighted by atomic mass is 16.1. The molecule has 0 saturated heterocycles. The SMILES string of the molecule is O=C(Cc1ccc2c(c1)CCC2)Nc1nnc2ccccn12. The van der Waals surface area contributed by atoms with Crippen molar-refractivity contribution in [1.82, 2.24) is 14.6 Å². The van der Waals surface area contributed by atoms with Crippen LogP contribution in [0.3, 0.4) is 0 Å². The van der Waals surface area contributed by atoms with Gasteiger partial charge >= 0.3 is 0 Å². The minimum absolute atomic E-state index is 0.0731. The molecular formula is C17H16N4O. The highest BCUT2D eigenvalue weighted by Gasteiger charge is 2.13. The fourth-order valence-corrected chi connectivity index (χ4v) is 3.02. The normalized spacial score (nSPS) is 13.3. The van der Waals surface area contributed by atoms with E-state index in [0.29, 0.717) is 12.4 Å². The van der Waals surface area contributed by atoms with E-state index in [1.54, 1.807) is 4.40 Å². The number of fused-ring (bicyclic) bond motifs is 2. The lowest BCUT2D eigenvalue weighted by Crippen LogP contribution is -2.16. The number of carbonyl (C=O) groups is 1. The van der Waals surface area contributed by atoms with Crippen LogP contribution in [0.1, 0.15) is 23.1 Å². The predicted molar refractivity (Wildman–Crippen MR) is 83.8 cm³/mol. The lowest BCUT2D eigenvalue weighted by molar-refractivity contribution is -0.115. The average Bonchev–Trinajstić information content (AvgIpc) is 3.14. The molecule has 2 aromatic heterocycles. The second kappa shape index (κ2) is 5.26. The summed E-state index contributed by atoms with van der Waals surface area (Å²) in [4.78, 5) is 12.2. The Morgan fingerprint density at radius 3 is 3.00 bits per heavy atom. The third-order valence-corrected chi connectivity index (χ3v) is 4.09. The maximum atomic E-state index is 12.2. The number of amides is 1. The Balaban J connectivity index is 1.51. The summed E-state index contributed by atoms with van der Waals surface area (Å²) in [5.41, 5.74) is 4.58. The van der Waals surface area contributed by atoms with E-state index in [1.165, 1.54) is 17.5 Å². The van der Waals surface area contributed by atoms with E-state index >= 15 is 0 Å². The molecule has 1 amide bonds. The van der Waals surface area contributed by atoms with Gasteiger partial charge < -0.3 is 0 Å². The molecule has 0 spiro atoms. The number of hydrogen-bond donors (Lipinski definition) is 1. The first-order valence-corrected chi connectivity index (χ1v) is 7.50. The molecule has 0 atom stereocenters. The van der Waals surface area contributed by atoms with Gasteiger partial charge in [0.15, 0.2) is 5.65 Å². The first kappa shape index (κ1) is 13.0. The lowest BCUT2D eigenvalue weighted by atomic mass is 10.0. The van der Waals surface area contributed by atoms with Crippen molar-refractivity contribution in [3.63, 3.8) is 0 Å². The molecular weight excluding hydrogens is 276 g/mol. The van der Waals surface area contributed by atoms with Gasteiger partial charge in [-0.05, 0) is 48.1 Å². The molecule has 0 unspecified atom stereocenters. The summed E-state index contributed by atoms with van der Waals surface area (Å²) in [6.07, 6.45) is 5.69. The molecule has 22 heavy (non-hydrogen) atoms. The van der Waals surface area contributed by atoms with Crippen LogP contribution >= 0.6 is 0 Å². The van der Waals surface area contributed by atoms with Crippen molar-refractivity contribution in [3.05, 3.63) is 59.3 Å². The zero-order valence-corrected chi connectivity index (χ0v) is 12.1. The van der Waals surface area contributed by atoms with Crippen LogP contribution in [0.5, 0.6) is 0 Å². The van der Waals surface area contributed by atoms with E-state index in [1.807, 2.05) is 30.5 Å². The maximum Gasteiger partial charge on any atom is 0.235 e. The van der Waals surface area contributed by atoms with Crippen molar-refractivity contribution in [1.29, 1.82) is 0 Å². The third-order valence-electron chi connectivity index (χ3n) is 4.09. The maximum absolute atomic E-state index is 12.2. The van der Waals surface area contributed by atoms with Crippen LogP contribution in [-0.2, 0) is 24.1 Å². The second-order valence-electron chi connectivity index (χ2n) is 5.63. The van der Waals surface area contributed by atoms with E-state index in [4.69, 9.17) is 0 Å². The Morgan fingerprint density at radius 1 is 1.14 bits per heavy atom. The summed E-state index contributed by atoms with van der Waals surface area (Å²) in [5.74, 6) is 0.387. The fourth-order valence-electron chi connectivity index (χ4n) is 3.02. The molecule has 3 aromatic rings. The summed E-state index contributed by atoms with van der Waals surface area (Å²) in [6, 6.07) is 12.0. The molecule has 0 radical (unpaired) electrons. The van der Waals surface area contributed by atoms with Crippen LogP contribution < -0.4 is 5.32 Å². The van der Waals surface area contributed by atoms with Gasteiger partial charge in [0, 0.05) is 6.20 Å². The zero-order valence-electron chi connectivity index (χ0n) is 12.1. The highest BCUT2D eigenvalue weighted by Crippen LogP contribution is 2.23. The van der Waals surface area contributed by atoms with Crippen LogP contribution in [0.25, 0.3) is 5.65 Å². The first-order chi connectivity index (χ1) is 10.8. The molecule has 110 valence electrons. The van der Waals surface area contributed by atoms with Crippen LogP contribution in [0.2, 0.25) is 0 Å². The van der Waals surface area contributed by atoms with Crippen molar-refractivity contribution < 1.29 is 4.79 Å². The van der Waals surface area contributed by atoms with Gasteiger partial charge in [0.2, 0.25) is 11.9 Å². The zero-order chi connectivity index (χ0) is 14.9. The molecule has 4 rings (SSSR count). The van der Waals surface area contributed by atoms with Gasteiger partial charge in [0.05, 0.1) is 6.42 Å². The summed E-state index contributed by atoms with van der Waals surface area (Å²) in [7, 11) is 0. The number of carbonyl (C=O) groups excluding carboxylic acids is 1. The van der Waals surface area contributed by atoms with Gasteiger partial charge in [-0.15, -0.1) is 10.2 Å². The van der Waals surface area contributed by atoms with E-state index in [9.17, 15) is 4.79 Å². The summed E-state index contributed by atoms with van der Waals surface area (Å²) in [5, 5.41) is 10.9. The molecule has 1 aliphatic rings. The van der Waals surface area contributed by atoms with E-state index in [2.05, 4.69) is 27.6 Å². The van der Waals surface area contributed by atoms with Crippen molar-refractivity contribution in [2.24, 2.45) is 0 Å². The predicted octanol–water partition coefficient (Wildman–Crippen LogP) is 2.40. The molecule has 0 bridgehead atoms. The Kier molecular flexibility index (Phi) is 3.11. The van der Waals surface area contributed by atoms with Gasteiger partial charge in [-0.2, -0.15) is 0 Å². The molecule has 1 N–H and O–H groups in total. The average molecular weight is 292 g/mol. The Labute approximate surface area is 128 Å². The topological polar surface area (TPSA) is 59.3 Å². The number of benzene rings is 1. The molecule has 0 fully saturated rings. The number of aryl methyl sites for hydroxylation is 2. The first-order valence-electron chi connectivity index (χ1n) is 7.50. The van der Waals surface area contributed by atoms with E-state index in [0.717, 1.165) is 24.1 Å². The summed E-state index contributed by atoms with van der Waals surface area (Å²) < 4.78 is 1.76. The molecule has 2 heterocycles. The van der Waals surface area contributed by atoms with Crippen LogP contribution in [0, 0.1) is 0 Å². The van der Waals surface area contributed by atoms with E-state index < -0.39 is 0 Å². The molecule has 1 aromatic carbocycles. The number of aromatic nitrogens is 3. The fraction of sp³-hybridized carbons (Fsp3) is 0.235. The quantitative estimate of drug-likeness (QED) is 0.806. The van der Waals surface area contributed by atoms with Gasteiger partial charge in [0.1, 0.15) is 0 Å². The third kappa shape index (κ3) is 2.35. The van der Waals surface area contributed by atoms with Crippen molar-refractivity contribution >= 4 is 17.5 Å². The number of hydrogen-bond acceptors (Lipinski definition) is 3. The summed E-state index contributed by atoms with van der Waals surface area (Å²) in [6.45, 7) is 0. The van der Waals surface area contributed by atoms with Gasteiger partial charge in [0.25, 0.3) is 0 Å². The summed E-state index contributed by atoms with van der Waals surface area (Å²) >= 11 is 0. The minimum atomic E-state index is -0.0731. The number of anilines is 1. The van der Waals surface area contributed by atoms with E-state index in [-0.39, 0.29) is 5.91 Å². The lowest BCUT2D eigenvalue weighted by Gasteiger charge is -2.06. The smallest absolute Gasteiger partial charge is 0.235 e. The van der Waals surface area contributed by atoms with Gasteiger partial charge in [-0.1, -0.05) is 24.3 Å². The number of nitrogens with one attached hydrogen (secondary N) is 1.